The second kappa shape index (κ2) is 5.50. The maximum absolute atomic E-state index is 11.9. The van der Waals surface area contributed by atoms with Crippen LogP contribution in [0.15, 0.2) is 0 Å². The molecular formula is C11H18N2O3. The predicted octanol–water partition coefficient (Wildman–Crippen LogP) is 1.11. The molecule has 0 bridgehead atoms. The lowest BCUT2D eigenvalue weighted by molar-refractivity contribution is -0.158. The van der Waals surface area contributed by atoms with Gasteiger partial charge in [0, 0.05) is 13.1 Å². The Bertz CT molecular complexity index is 318. The summed E-state index contributed by atoms with van der Waals surface area (Å²) >= 11 is 0. The van der Waals surface area contributed by atoms with Crippen LogP contribution in [0, 0.1) is 22.7 Å². The smallest absolute Gasteiger partial charge is 0.318 e. The van der Waals surface area contributed by atoms with Crippen LogP contribution < -0.4 is 0 Å². The number of nitriles is 1. The van der Waals surface area contributed by atoms with Crippen molar-refractivity contribution in [2.24, 2.45) is 11.3 Å². The molecule has 1 N–H and O–H groups in total. The Morgan fingerprint density at radius 3 is 2.31 bits per heavy atom. The Hall–Kier alpha value is -1.57. The average Bonchev–Trinajstić information content (AvgIpc) is 2.24. The van der Waals surface area contributed by atoms with Crippen LogP contribution in [0.4, 0.5) is 0 Å². The van der Waals surface area contributed by atoms with Gasteiger partial charge >= 0.3 is 5.97 Å². The Kier molecular flexibility index (Phi) is 4.96. The maximum atomic E-state index is 11.9. The van der Waals surface area contributed by atoms with Crippen molar-refractivity contribution in [3.63, 3.8) is 0 Å². The summed E-state index contributed by atoms with van der Waals surface area (Å²) in [6.45, 7) is 6.88. The number of carboxylic acid groups (broad SMARTS) is 1. The number of rotatable bonds is 5. The van der Waals surface area contributed by atoms with Crippen LogP contribution in [-0.4, -0.2) is 35.0 Å². The molecule has 1 atom stereocenters. The van der Waals surface area contributed by atoms with Crippen molar-refractivity contribution in [2.75, 3.05) is 13.1 Å². The first-order valence-corrected chi connectivity index (χ1v) is 5.19. The minimum atomic E-state index is -1.44. The third-order valence-electron chi connectivity index (χ3n) is 2.45. The molecule has 0 aromatic heterocycles. The van der Waals surface area contributed by atoms with E-state index in [1.54, 1.807) is 13.8 Å². The summed E-state index contributed by atoms with van der Waals surface area (Å²) in [6, 6.07) is 2.02. The van der Waals surface area contributed by atoms with Crippen LogP contribution >= 0.6 is 0 Å². The van der Waals surface area contributed by atoms with Crippen LogP contribution in [0.2, 0.25) is 0 Å². The normalized spacial score (nSPS) is 12.7. The van der Waals surface area contributed by atoms with Crippen molar-refractivity contribution in [1.29, 1.82) is 5.26 Å². The third kappa shape index (κ3) is 3.23. The zero-order valence-electron chi connectivity index (χ0n) is 10.1. The monoisotopic (exact) mass is 226 g/mol. The van der Waals surface area contributed by atoms with Crippen LogP contribution in [0.5, 0.6) is 0 Å². The molecule has 1 amide bonds. The van der Waals surface area contributed by atoms with E-state index in [-0.39, 0.29) is 12.5 Å². The largest absolute Gasteiger partial charge is 0.480 e. The summed E-state index contributed by atoms with van der Waals surface area (Å²) < 4.78 is 0. The van der Waals surface area contributed by atoms with Gasteiger partial charge in [0.2, 0.25) is 5.91 Å². The van der Waals surface area contributed by atoms with Crippen molar-refractivity contribution >= 4 is 11.9 Å². The number of hydrogen-bond donors (Lipinski definition) is 1. The second-order valence-electron chi connectivity index (χ2n) is 4.30. The minimum absolute atomic E-state index is 0.266. The molecule has 5 heteroatoms. The quantitative estimate of drug-likeness (QED) is 0.712. The summed E-state index contributed by atoms with van der Waals surface area (Å²) in [4.78, 5) is 24.3. The molecule has 0 aliphatic rings. The molecule has 0 saturated heterocycles. The lowest BCUT2D eigenvalue weighted by Crippen LogP contribution is -2.46. The Labute approximate surface area is 95.7 Å². The predicted molar refractivity (Wildman–Crippen MR) is 58.4 cm³/mol. The van der Waals surface area contributed by atoms with E-state index in [9.17, 15) is 9.59 Å². The summed E-state index contributed by atoms with van der Waals surface area (Å²) in [5.41, 5.74) is -1.44. The molecule has 0 aliphatic heterocycles. The minimum Gasteiger partial charge on any atom is -0.480 e. The first-order chi connectivity index (χ1) is 7.27. The van der Waals surface area contributed by atoms with Crippen molar-refractivity contribution in [1.82, 2.24) is 4.90 Å². The first kappa shape index (κ1) is 14.4. The van der Waals surface area contributed by atoms with E-state index in [2.05, 4.69) is 0 Å². The second-order valence-corrected chi connectivity index (χ2v) is 4.30. The highest BCUT2D eigenvalue weighted by atomic mass is 16.4. The van der Waals surface area contributed by atoms with E-state index in [0.29, 0.717) is 6.54 Å². The zero-order valence-corrected chi connectivity index (χ0v) is 10.1. The van der Waals surface area contributed by atoms with Crippen molar-refractivity contribution in [3.05, 3.63) is 0 Å². The molecule has 0 fully saturated rings. The van der Waals surface area contributed by atoms with E-state index in [4.69, 9.17) is 10.4 Å². The van der Waals surface area contributed by atoms with Gasteiger partial charge in [-0.25, -0.2) is 0 Å². The lowest BCUT2D eigenvalue weighted by Gasteiger charge is -2.29. The Morgan fingerprint density at radius 2 is 2.00 bits per heavy atom. The van der Waals surface area contributed by atoms with Crippen LogP contribution in [0.25, 0.3) is 0 Å². The van der Waals surface area contributed by atoms with Gasteiger partial charge in [-0.1, -0.05) is 0 Å². The SMILES string of the molecule is CCN(CC(C)C#N)C(=O)C(C)(C)C(=O)O. The molecule has 90 valence electrons. The molecule has 0 spiro atoms. The van der Waals surface area contributed by atoms with Gasteiger partial charge < -0.3 is 10.0 Å². The van der Waals surface area contributed by atoms with E-state index >= 15 is 0 Å². The lowest BCUT2D eigenvalue weighted by atomic mass is 9.91. The molecule has 16 heavy (non-hydrogen) atoms. The van der Waals surface area contributed by atoms with Crippen LogP contribution in [0.3, 0.4) is 0 Å². The van der Waals surface area contributed by atoms with Crippen molar-refractivity contribution in [3.8, 4) is 6.07 Å². The van der Waals surface area contributed by atoms with E-state index in [0.717, 1.165) is 0 Å². The fourth-order valence-electron chi connectivity index (χ4n) is 1.21. The highest BCUT2D eigenvalue weighted by Crippen LogP contribution is 2.19. The van der Waals surface area contributed by atoms with Gasteiger partial charge in [-0.05, 0) is 27.7 Å². The summed E-state index contributed by atoms with van der Waals surface area (Å²) in [5, 5.41) is 17.6. The standard InChI is InChI=1S/C11H18N2O3/c1-5-13(7-8(2)6-12)9(14)11(3,4)10(15)16/h8H,5,7H2,1-4H3,(H,15,16). The number of amides is 1. The first-order valence-electron chi connectivity index (χ1n) is 5.19. The fraction of sp³-hybridized carbons (Fsp3) is 0.727. The number of hydrogen-bond acceptors (Lipinski definition) is 3. The molecule has 0 aromatic rings. The molecule has 1 unspecified atom stereocenters. The van der Waals surface area contributed by atoms with Gasteiger partial charge in [-0.3, -0.25) is 9.59 Å². The van der Waals surface area contributed by atoms with Crippen molar-refractivity contribution < 1.29 is 14.7 Å². The average molecular weight is 226 g/mol. The number of carboxylic acids is 1. The molecule has 0 aromatic carbocycles. The highest BCUT2D eigenvalue weighted by Gasteiger charge is 2.39. The molecular weight excluding hydrogens is 208 g/mol. The van der Waals surface area contributed by atoms with Gasteiger partial charge in [0.15, 0.2) is 0 Å². The van der Waals surface area contributed by atoms with E-state index in [1.165, 1.54) is 18.7 Å². The van der Waals surface area contributed by atoms with Gasteiger partial charge in [0.1, 0.15) is 5.41 Å². The third-order valence-corrected chi connectivity index (χ3v) is 2.45. The number of aliphatic carboxylic acids is 1. The highest BCUT2D eigenvalue weighted by molar-refractivity contribution is 6.00. The van der Waals surface area contributed by atoms with Crippen molar-refractivity contribution in [2.45, 2.75) is 27.7 Å². The van der Waals surface area contributed by atoms with Crippen LogP contribution in [-0.2, 0) is 9.59 Å². The summed E-state index contributed by atoms with van der Waals surface area (Å²) in [6.07, 6.45) is 0. The topological polar surface area (TPSA) is 81.4 Å². The number of nitrogens with zero attached hydrogens (tertiary/aromatic N) is 2. The zero-order chi connectivity index (χ0) is 12.9. The van der Waals surface area contributed by atoms with Gasteiger partial charge in [0.25, 0.3) is 0 Å². The summed E-state index contributed by atoms with van der Waals surface area (Å²) in [5.74, 6) is -1.90. The Morgan fingerprint density at radius 1 is 1.50 bits per heavy atom. The molecule has 0 saturated carbocycles. The molecule has 0 aliphatic carbocycles. The summed E-state index contributed by atoms with van der Waals surface area (Å²) in [7, 11) is 0. The maximum Gasteiger partial charge on any atom is 0.318 e. The molecule has 5 nitrogen and oxygen atoms in total. The molecule has 0 heterocycles. The fourth-order valence-corrected chi connectivity index (χ4v) is 1.21. The molecule has 0 radical (unpaired) electrons. The number of carbonyl (C=O) groups excluding carboxylic acids is 1. The number of carbonyl (C=O) groups is 2. The van der Waals surface area contributed by atoms with E-state index in [1.807, 2.05) is 6.07 Å². The van der Waals surface area contributed by atoms with Crippen LogP contribution in [0.1, 0.15) is 27.7 Å². The van der Waals surface area contributed by atoms with Gasteiger partial charge in [-0.15, -0.1) is 0 Å². The molecule has 0 rings (SSSR count). The van der Waals surface area contributed by atoms with E-state index < -0.39 is 17.3 Å². The Balaban J connectivity index is 4.80. The van der Waals surface area contributed by atoms with Gasteiger partial charge in [0.05, 0.1) is 12.0 Å². The van der Waals surface area contributed by atoms with Gasteiger partial charge in [-0.2, -0.15) is 5.26 Å².